The van der Waals surface area contributed by atoms with Crippen molar-refractivity contribution in [2.45, 2.75) is 32.2 Å². The zero-order chi connectivity index (χ0) is 21.3. The number of alkyl halides is 6. The van der Waals surface area contributed by atoms with Gasteiger partial charge in [0.15, 0.2) is 6.04 Å². The van der Waals surface area contributed by atoms with E-state index in [2.05, 4.69) is 15.4 Å². The van der Waals surface area contributed by atoms with Crippen molar-refractivity contribution in [1.29, 1.82) is 0 Å². The lowest BCUT2D eigenvalue weighted by Gasteiger charge is -2.13. The molecule has 1 atom stereocenters. The number of nitrogens with one attached hydrogen (secondary N) is 2. The molecule has 2 N–H and O–H groups in total. The molecule has 0 aliphatic rings. The fourth-order valence-electron chi connectivity index (χ4n) is 1.95. The van der Waals surface area contributed by atoms with Gasteiger partial charge in [-0.1, -0.05) is 0 Å². The van der Waals surface area contributed by atoms with E-state index in [4.69, 9.17) is 0 Å². The highest BCUT2D eigenvalue weighted by Gasteiger charge is 2.37. The van der Waals surface area contributed by atoms with Gasteiger partial charge in [-0.3, -0.25) is 20.4 Å². The van der Waals surface area contributed by atoms with Crippen molar-refractivity contribution >= 4 is 11.8 Å². The fraction of sp³-hybridized carbons (Fsp3) is 0.357. The first-order valence-electron chi connectivity index (χ1n) is 7.45. The highest BCUT2D eigenvalue weighted by Crippen LogP contribution is 2.37. The first-order chi connectivity index (χ1) is 12.8. The Morgan fingerprint density at radius 2 is 1.54 bits per heavy atom. The molecule has 0 aliphatic carbocycles. The molecule has 0 aliphatic heterocycles. The van der Waals surface area contributed by atoms with Gasteiger partial charge in [0.2, 0.25) is 11.7 Å². The average molecular weight is 410 g/mol. The molecule has 2 amide bonds. The average Bonchev–Trinajstić information content (AvgIpc) is 3.07. The summed E-state index contributed by atoms with van der Waals surface area (Å²) in [6, 6.07) is -0.310. The van der Waals surface area contributed by atoms with Gasteiger partial charge in [-0.2, -0.15) is 31.1 Å². The Morgan fingerprint density at radius 3 is 2.00 bits per heavy atom. The number of hydrazine groups is 1. The number of benzene rings is 1. The van der Waals surface area contributed by atoms with Crippen molar-refractivity contribution in [3.05, 3.63) is 29.3 Å². The summed E-state index contributed by atoms with van der Waals surface area (Å²) in [7, 11) is 0. The third kappa shape index (κ3) is 4.95. The van der Waals surface area contributed by atoms with Gasteiger partial charge in [0.25, 0.3) is 5.91 Å². The van der Waals surface area contributed by atoms with Crippen LogP contribution in [0.25, 0.3) is 11.4 Å². The molecular formula is C14H12F6N6O2. The number of carbonyl (C=O) groups excluding carboxylic acids is 2. The van der Waals surface area contributed by atoms with Crippen molar-refractivity contribution in [3.8, 4) is 11.4 Å². The van der Waals surface area contributed by atoms with Crippen molar-refractivity contribution in [2.24, 2.45) is 0 Å². The molecule has 0 saturated carbocycles. The molecule has 2 rings (SSSR count). The standard InChI is InChI=1S/C14H12F6N6O2/c1-6(12(28)23-21-7(2)27)26-24-11(22-25-26)8-3-9(13(15,16)17)5-10(4-8)14(18,19)20/h3-6H,1-2H3,(H,21,27)(H,23,28). The lowest BCUT2D eigenvalue weighted by molar-refractivity contribution is -0.143. The number of nitrogens with zero attached hydrogens (tertiary/aromatic N) is 4. The number of halogens is 6. The van der Waals surface area contributed by atoms with Crippen LogP contribution >= 0.6 is 0 Å². The van der Waals surface area contributed by atoms with Crippen LogP contribution in [-0.4, -0.2) is 32.0 Å². The molecule has 28 heavy (non-hydrogen) atoms. The molecule has 152 valence electrons. The van der Waals surface area contributed by atoms with Gasteiger partial charge in [-0.05, 0) is 30.3 Å². The molecule has 0 spiro atoms. The predicted molar refractivity (Wildman–Crippen MR) is 79.9 cm³/mol. The Hall–Kier alpha value is -3.19. The van der Waals surface area contributed by atoms with E-state index >= 15 is 0 Å². The summed E-state index contributed by atoms with van der Waals surface area (Å²) in [5, 5.41) is 10.5. The number of hydrogen-bond acceptors (Lipinski definition) is 5. The summed E-state index contributed by atoms with van der Waals surface area (Å²) in [5.41, 5.74) is 0.373. The summed E-state index contributed by atoms with van der Waals surface area (Å²) in [6.45, 7) is 2.40. The van der Waals surface area contributed by atoms with Gasteiger partial charge >= 0.3 is 12.4 Å². The molecule has 1 heterocycles. The van der Waals surface area contributed by atoms with Crippen LogP contribution in [0.3, 0.4) is 0 Å². The molecule has 1 aromatic carbocycles. The number of aromatic nitrogens is 4. The van der Waals surface area contributed by atoms with Crippen LogP contribution in [0.2, 0.25) is 0 Å². The van der Waals surface area contributed by atoms with Gasteiger partial charge in [-0.25, -0.2) is 0 Å². The van der Waals surface area contributed by atoms with Crippen molar-refractivity contribution in [3.63, 3.8) is 0 Å². The zero-order valence-corrected chi connectivity index (χ0v) is 14.2. The fourth-order valence-corrected chi connectivity index (χ4v) is 1.95. The van der Waals surface area contributed by atoms with Crippen molar-refractivity contribution in [2.75, 3.05) is 0 Å². The Morgan fingerprint density at radius 1 is 1.00 bits per heavy atom. The second-order valence-electron chi connectivity index (χ2n) is 5.57. The van der Waals surface area contributed by atoms with Gasteiger partial charge in [0.05, 0.1) is 11.1 Å². The van der Waals surface area contributed by atoms with E-state index in [1.807, 2.05) is 10.9 Å². The molecule has 0 radical (unpaired) electrons. The third-order valence-corrected chi connectivity index (χ3v) is 3.36. The Labute approximate surface area is 152 Å². The lowest BCUT2D eigenvalue weighted by atomic mass is 10.0. The van der Waals surface area contributed by atoms with E-state index in [1.54, 1.807) is 0 Å². The summed E-state index contributed by atoms with van der Waals surface area (Å²) >= 11 is 0. The van der Waals surface area contributed by atoms with Gasteiger partial charge in [-0.15, -0.1) is 10.2 Å². The minimum absolute atomic E-state index is 0.0303. The summed E-state index contributed by atoms with van der Waals surface area (Å²) < 4.78 is 77.5. The summed E-state index contributed by atoms with van der Waals surface area (Å²) in [5.74, 6) is -1.91. The number of amides is 2. The molecule has 0 fully saturated rings. The van der Waals surface area contributed by atoms with E-state index in [0.717, 1.165) is 6.92 Å². The quantitative estimate of drug-likeness (QED) is 0.596. The van der Waals surface area contributed by atoms with Crippen molar-refractivity contribution in [1.82, 2.24) is 31.1 Å². The SMILES string of the molecule is CC(=O)NNC(=O)C(C)n1nnc(-c2cc(C(F)(F)F)cc(C(F)(F)F)c2)n1. The van der Waals surface area contributed by atoms with E-state index < -0.39 is 52.7 Å². The largest absolute Gasteiger partial charge is 0.416 e. The normalized spacial score (nSPS) is 13.1. The molecule has 2 aromatic rings. The minimum atomic E-state index is -5.03. The van der Waals surface area contributed by atoms with Gasteiger partial charge < -0.3 is 0 Å². The van der Waals surface area contributed by atoms with Gasteiger partial charge in [0.1, 0.15) is 0 Å². The van der Waals surface area contributed by atoms with E-state index in [-0.39, 0.29) is 6.07 Å². The second kappa shape index (κ2) is 7.44. The lowest BCUT2D eigenvalue weighted by Crippen LogP contribution is -2.43. The van der Waals surface area contributed by atoms with Crippen LogP contribution in [0.15, 0.2) is 18.2 Å². The third-order valence-electron chi connectivity index (χ3n) is 3.36. The molecule has 0 bridgehead atoms. The van der Waals surface area contributed by atoms with E-state index in [9.17, 15) is 35.9 Å². The number of rotatable bonds is 3. The van der Waals surface area contributed by atoms with Crippen LogP contribution in [0.4, 0.5) is 26.3 Å². The smallest absolute Gasteiger partial charge is 0.274 e. The Kier molecular flexibility index (Phi) is 5.61. The van der Waals surface area contributed by atoms with Crippen LogP contribution in [0.1, 0.15) is 31.0 Å². The zero-order valence-electron chi connectivity index (χ0n) is 14.2. The summed E-state index contributed by atoms with van der Waals surface area (Å²) in [4.78, 5) is 23.3. The van der Waals surface area contributed by atoms with Crippen molar-refractivity contribution < 1.29 is 35.9 Å². The highest BCUT2D eigenvalue weighted by molar-refractivity contribution is 5.83. The number of carbonyl (C=O) groups is 2. The number of tetrazole rings is 1. The maximum absolute atomic E-state index is 12.9. The number of hydrogen-bond donors (Lipinski definition) is 2. The van der Waals surface area contributed by atoms with Crippen LogP contribution in [-0.2, 0) is 21.9 Å². The first kappa shape index (κ1) is 21.1. The van der Waals surface area contributed by atoms with E-state index in [0.29, 0.717) is 16.9 Å². The summed E-state index contributed by atoms with van der Waals surface area (Å²) in [6.07, 6.45) is -10.1. The topological polar surface area (TPSA) is 102 Å². The Balaban J connectivity index is 2.38. The molecule has 14 heteroatoms. The molecule has 1 unspecified atom stereocenters. The van der Waals surface area contributed by atoms with Gasteiger partial charge in [0, 0.05) is 12.5 Å². The maximum atomic E-state index is 12.9. The molecule has 1 aromatic heterocycles. The van der Waals surface area contributed by atoms with Crippen LogP contribution in [0.5, 0.6) is 0 Å². The van der Waals surface area contributed by atoms with Crippen LogP contribution < -0.4 is 10.9 Å². The van der Waals surface area contributed by atoms with E-state index in [1.165, 1.54) is 6.92 Å². The maximum Gasteiger partial charge on any atom is 0.416 e. The Bertz CT molecular complexity index is 859. The molecule has 8 nitrogen and oxygen atoms in total. The predicted octanol–water partition coefficient (Wildman–Crippen LogP) is 2.11. The highest BCUT2D eigenvalue weighted by atomic mass is 19.4. The van der Waals surface area contributed by atoms with Crippen LogP contribution in [0, 0.1) is 0 Å². The minimum Gasteiger partial charge on any atom is -0.274 e. The first-order valence-corrected chi connectivity index (χ1v) is 7.45. The monoisotopic (exact) mass is 410 g/mol. The molecular weight excluding hydrogens is 398 g/mol. The second-order valence-corrected chi connectivity index (χ2v) is 5.57. The molecule has 0 saturated heterocycles.